The minimum atomic E-state index is 0.0514. The van der Waals surface area contributed by atoms with Crippen LogP contribution >= 0.6 is 0 Å². The first kappa shape index (κ1) is 16.0. The molecule has 5 nitrogen and oxygen atoms in total. The topological polar surface area (TPSA) is 54.2 Å². The van der Waals surface area contributed by atoms with Gasteiger partial charge in [0.15, 0.2) is 0 Å². The van der Waals surface area contributed by atoms with Crippen molar-refractivity contribution in [2.45, 2.75) is 60.0 Å². The molecule has 0 bridgehead atoms. The van der Waals surface area contributed by atoms with Gasteiger partial charge in [-0.05, 0) is 33.6 Å². The molecular formula is C14H28N4O. The van der Waals surface area contributed by atoms with Gasteiger partial charge in [-0.1, -0.05) is 25.4 Å². The largest absolute Gasteiger partial charge is 0.407 e. The normalized spacial score (nSPS) is 13.6. The Kier molecular flexibility index (Phi) is 5.79. The van der Waals surface area contributed by atoms with Crippen LogP contribution in [0.4, 0.5) is 6.01 Å². The summed E-state index contributed by atoms with van der Waals surface area (Å²) in [5, 5.41) is 11.6. The van der Waals surface area contributed by atoms with Crippen molar-refractivity contribution in [3.8, 4) is 0 Å². The molecular weight excluding hydrogens is 240 g/mol. The summed E-state index contributed by atoms with van der Waals surface area (Å²) >= 11 is 0. The van der Waals surface area contributed by atoms with Crippen LogP contribution < -0.4 is 10.2 Å². The zero-order chi connectivity index (χ0) is 14.5. The van der Waals surface area contributed by atoms with Crippen LogP contribution in [0.15, 0.2) is 4.42 Å². The van der Waals surface area contributed by atoms with E-state index in [-0.39, 0.29) is 5.54 Å². The average Bonchev–Trinajstić information content (AvgIpc) is 2.81. The molecule has 0 aliphatic carbocycles. The molecule has 0 saturated heterocycles. The van der Waals surface area contributed by atoms with E-state index < -0.39 is 0 Å². The van der Waals surface area contributed by atoms with E-state index in [9.17, 15) is 0 Å². The molecule has 110 valence electrons. The van der Waals surface area contributed by atoms with Crippen molar-refractivity contribution in [2.24, 2.45) is 5.92 Å². The highest BCUT2D eigenvalue weighted by Crippen LogP contribution is 2.15. The predicted octanol–water partition coefficient (Wildman–Crippen LogP) is 2.83. The van der Waals surface area contributed by atoms with E-state index in [1.165, 1.54) is 0 Å². The van der Waals surface area contributed by atoms with Crippen LogP contribution in [0.5, 0.6) is 0 Å². The Bertz CT molecular complexity index is 370. The van der Waals surface area contributed by atoms with Crippen LogP contribution in [0.1, 0.15) is 53.9 Å². The fourth-order valence-electron chi connectivity index (χ4n) is 1.63. The van der Waals surface area contributed by atoms with Crippen LogP contribution in [0.3, 0.4) is 0 Å². The molecule has 0 amide bonds. The van der Waals surface area contributed by atoms with Crippen molar-refractivity contribution in [3.05, 3.63) is 5.89 Å². The third kappa shape index (κ3) is 5.59. The Labute approximate surface area is 116 Å². The molecule has 0 saturated carbocycles. The van der Waals surface area contributed by atoms with Crippen molar-refractivity contribution in [1.82, 2.24) is 15.5 Å². The van der Waals surface area contributed by atoms with Crippen LogP contribution in [0.2, 0.25) is 0 Å². The third-order valence-corrected chi connectivity index (χ3v) is 3.11. The first-order valence-electron chi connectivity index (χ1n) is 7.18. The molecule has 19 heavy (non-hydrogen) atoms. The lowest BCUT2D eigenvalue weighted by molar-refractivity contribution is 0.379. The molecule has 0 aliphatic heterocycles. The van der Waals surface area contributed by atoms with E-state index in [1.54, 1.807) is 0 Å². The fraction of sp³-hybridized carbons (Fsp3) is 0.857. The minimum absolute atomic E-state index is 0.0514. The lowest BCUT2D eigenvalue weighted by atomic mass is 10.1. The van der Waals surface area contributed by atoms with Gasteiger partial charge in [0.05, 0.1) is 6.54 Å². The SMILES string of the molecule is CCC(C)CN(CC)c1nnc(CNC(C)(C)C)o1. The van der Waals surface area contributed by atoms with Crippen molar-refractivity contribution in [3.63, 3.8) is 0 Å². The summed E-state index contributed by atoms with van der Waals surface area (Å²) in [5.74, 6) is 1.27. The first-order chi connectivity index (χ1) is 8.85. The third-order valence-electron chi connectivity index (χ3n) is 3.11. The number of aromatic nitrogens is 2. The Balaban J connectivity index is 2.61. The molecule has 0 fully saturated rings. The van der Waals surface area contributed by atoms with Crippen molar-refractivity contribution in [1.29, 1.82) is 0 Å². The number of anilines is 1. The van der Waals surface area contributed by atoms with E-state index in [4.69, 9.17) is 4.42 Å². The first-order valence-corrected chi connectivity index (χ1v) is 7.18. The summed E-state index contributed by atoms with van der Waals surface area (Å²) in [5.41, 5.74) is 0.0514. The Hall–Kier alpha value is -1.10. The highest BCUT2D eigenvalue weighted by molar-refractivity contribution is 5.23. The molecule has 1 aromatic heterocycles. The second-order valence-corrected chi connectivity index (χ2v) is 6.13. The van der Waals surface area contributed by atoms with Gasteiger partial charge in [0.1, 0.15) is 0 Å². The van der Waals surface area contributed by atoms with Crippen LogP contribution in [0, 0.1) is 5.92 Å². The van der Waals surface area contributed by atoms with Gasteiger partial charge in [0.25, 0.3) is 0 Å². The predicted molar refractivity (Wildman–Crippen MR) is 78.2 cm³/mol. The van der Waals surface area contributed by atoms with Gasteiger partial charge in [-0.25, -0.2) is 0 Å². The lowest BCUT2D eigenvalue weighted by Crippen LogP contribution is -2.35. The monoisotopic (exact) mass is 268 g/mol. The molecule has 1 unspecified atom stereocenters. The summed E-state index contributed by atoms with van der Waals surface area (Å²) in [6.07, 6.45) is 1.16. The Morgan fingerprint density at radius 2 is 1.95 bits per heavy atom. The van der Waals surface area contributed by atoms with Crippen LogP contribution in [-0.4, -0.2) is 28.8 Å². The summed E-state index contributed by atoms with van der Waals surface area (Å²) in [6.45, 7) is 15.4. The highest BCUT2D eigenvalue weighted by Gasteiger charge is 2.16. The number of nitrogens with one attached hydrogen (secondary N) is 1. The molecule has 1 rings (SSSR count). The quantitative estimate of drug-likeness (QED) is 0.824. The van der Waals surface area contributed by atoms with E-state index in [1.807, 2.05) is 0 Å². The molecule has 0 aliphatic rings. The van der Waals surface area contributed by atoms with Gasteiger partial charge < -0.3 is 14.6 Å². The summed E-state index contributed by atoms with van der Waals surface area (Å²) < 4.78 is 5.72. The number of nitrogens with zero attached hydrogens (tertiary/aromatic N) is 3. The molecule has 0 aromatic carbocycles. The van der Waals surface area contributed by atoms with Gasteiger partial charge in [0.2, 0.25) is 5.89 Å². The van der Waals surface area contributed by atoms with E-state index in [0.717, 1.165) is 19.5 Å². The number of hydrogen-bond donors (Lipinski definition) is 1. The summed E-state index contributed by atoms with van der Waals surface area (Å²) in [4.78, 5) is 2.14. The Morgan fingerprint density at radius 3 is 2.47 bits per heavy atom. The number of hydrogen-bond acceptors (Lipinski definition) is 5. The standard InChI is InChI=1S/C14H28N4O/c1-7-11(3)10-18(8-2)13-17-16-12(19-13)9-15-14(4,5)6/h11,15H,7-10H2,1-6H3. The van der Waals surface area contributed by atoms with Crippen LogP contribution in [-0.2, 0) is 6.54 Å². The van der Waals surface area contributed by atoms with Crippen molar-refractivity contribution >= 4 is 6.01 Å². The summed E-state index contributed by atoms with van der Waals surface area (Å²) in [7, 11) is 0. The van der Waals surface area contributed by atoms with Gasteiger partial charge in [-0.15, -0.1) is 5.10 Å². The minimum Gasteiger partial charge on any atom is -0.407 e. The molecule has 0 radical (unpaired) electrons. The molecule has 0 spiro atoms. The Morgan fingerprint density at radius 1 is 1.26 bits per heavy atom. The zero-order valence-electron chi connectivity index (χ0n) is 13.2. The fourth-order valence-corrected chi connectivity index (χ4v) is 1.63. The smallest absolute Gasteiger partial charge is 0.318 e. The maximum Gasteiger partial charge on any atom is 0.318 e. The zero-order valence-corrected chi connectivity index (χ0v) is 13.2. The summed E-state index contributed by atoms with van der Waals surface area (Å²) in [6, 6.07) is 0.633. The van der Waals surface area contributed by atoms with E-state index in [2.05, 4.69) is 62.0 Å². The van der Waals surface area contributed by atoms with Gasteiger partial charge in [-0.3, -0.25) is 0 Å². The van der Waals surface area contributed by atoms with Gasteiger partial charge in [0, 0.05) is 18.6 Å². The molecule has 1 aromatic rings. The average molecular weight is 268 g/mol. The second kappa shape index (κ2) is 6.89. The van der Waals surface area contributed by atoms with E-state index in [0.29, 0.717) is 24.4 Å². The molecule has 1 N–H and O–H groups in total. The molecule has 5 heteroatoms. The van der Waals surface area contributed by atoms with Crippen molar-refractivity contribution in [2.75, 3.05) is 18.0 Å². The second-order valence-electron chi connectivity index (χ2n) is 6.13. The molecule has 1 heterocycles. The van der Waals surface area contributed by atoms with Crippen LogP contribution in [0.25, 0.3) is 0 Å². The van der Waals surface area contributed by atoms with Crippen molar-refractivity contribution < 1.29 is 4.42 Å². The number of rotatable bonds is 7. The maximum absolute atomic E-state index is 5.72. The van der Waals surface area contributed by atoms with E-state index >= 15 is 0 Å². The van der Waals surface area contributed by atoms with Gasteiger partial charge in [-0.2, -0.15) is 0 Å². The molecule has 1 atom stereocenters. The highest BCUT2D eigenvalue weighted by atomic mass is 16.4. The van der Waals surface area contributed by atoms with Gasteiger partial charge >= 0.3 is 6.01 Å². The lowest BCUT2D eigenvalue weighted by Gasteiger charge is -2.21. The maximum atomic E-state index is 5.72.